The Morgan fingerprint density at radius 2 is 1.77 bits per heavy atom. The first-order valence-electron chi connectivity index (χ1n) is 8.62. The van der Waals surface area contributed by atoms with Crippen molar-refractivity contribution in [3.8, 4) is 5.75 Å². The van der Waals surface area contributed by atoms with E-state index < -0.39 is 23.7 Å². The number of rotatable bonds is 9. The molecule has 7 heteroatoms. The number of hydrogen-bond acceptors (Lipinski definition) is 5. The molecule has 1 aromatic rings. The molecule has 1 aromatic carbocycles. The van der Waals surface area contributed by atoms with Crippen molar-refractivity contribution >= 4 is 12.1 Å². The molecule has 1 atom stereocenters. The summed E-state index contributed by atoms with van der Waals surface area (Å²) >= 11 is 0. The Balaban J connectivity index is 2.69. The number of aliphatic carboxylic acids is 1. The van der Waals surface area contributed by atoms with Crippen LogP contribution in [-0.2, 0) is 20.7 Å². The van der Waals surface area contributed by atoms with Crippen LogP contribution in [0.3, 0.4) is 0 Å². The highest BCUT2D eigenvalue weighted by Gasteiger charge is 2.30. The smallest absolute Gasteiger partial charge is 0.410 e. The largest absolute Gasteiger partial charge is 0.491 e. The monoisotopic (exact) mass is 367 g/mol. The zero-order valence-electron chi connectivity index (χ0n) is 16.2. The van der Waals surface area contributed by atoms with Crippen LogP contribution in [0.25, 0.3) is 0 Å². The van der Waals surface area contributed by atoms with E-state index in [1.165, 1.54) is 7.05 Å². The maximum Gasteiger partial charge on any atom is 0.410 e. The molecule has 0 aliphatic carbocycles. The average molecular weight is 367 g/mol. The molecule has 26 heavy (non-hydrogen) atoms. The molecule has 1 rings (SSSR count). The van der Waals surface area contributed by atoms with Crippen molar-refractivity contribution in [3.63, 3.8) is 0 Å². The van der Waals surface area contributed by atoms with Gasteiger partial charge in [0.1, 0.15) is 24.0 Å². The van der Waals surface area contributed by atoms with E-state index in [1.54, 1.807) is 45.0 Å². The summed E-state index contributed by atoms with van der Waals surface area (Å²) in [6.45, 7) is 8.73. The van der Waals surface area contributed by atoms with Gasteiger partial charge in [0.25, 0.3) is 0 Å². The van der Waals surface area contributed by atoms with E-state index in [-0.39, 0.29) is 6.42 Å². The minimum atomic E-state index is -1.09. The fourth-order valence-electron chi connectivity index (χ4n) is 2.16. The first-order chi connectivity index (χ1) is 12.1. The minimum absolute atomic E-state index is 0.171. The van der Waals surface area contributed by atoms with Crippen molar-refractivity contribution in [2.45, 2.75) is 45.8 Å². The summed E-state index contributed by atoms with van der Waals surface area (Å²) in [6.07, 6.45) is -0.495. The number of carboxylic acid groups (broad SMARTS) is 1. The van der Waals surface area contributed by atoms with Crippen molar-refractivity contribution in [1.82, 2.24) is 4.90 Å². The third-order valence-electron chi connectivity index (χ3n) is 3.49. The van der Waals surface area contributed by atoms with Crippen molar-refractivity contribution in [2.75, 3.05) is 26.9 Å². The van der Waals surface area contributed by atoms with E-state index in [9.17, 15) is 14.7 Å². The Labute approximate surface area is 154 Å². The Hall–Kier alpha value is -2.28. The van der Waals surface area contributed by atoms with Gasteiger partial charge in [-0.05, 0) is 45.4 Å². The Morgan fingerprint density at radius 3 is 2.27 bits per heavy atom. The van der Waals surface area contributed by atoms with Crippen LogP contribution in [-0.4, -0.2) is 60.6 Å². The van der Waals surface area contributed by atoms with Gasteiger partial charge in [-0.25, -0.2) is 9.59 Å². The van der Waals surface area contributed by atoms with Gasteiger partial charge in [0.2, 0.25) is 0 Å². The van der Waals surface area contributed by atoms with Crippen LogP contribution in [0.4, 0.5) is 4.79 Å². The fourth-order valence-corrected chi connectivity index (χ4v) is 2.16. The lowest BCUT2D eigenvalue weighted by atomic mass is 10.1. The van der Waals surface area contributed by atoms with Crippen molar-refractivity contribution < 1.29 is 28.9 Å². The maximum absolute atomic E-state index is 12.1. The molecule has 0 saturated carbocycles. The number of carboxylic acids is 1. The molecule has 0 aliphatic rings. The lowest BCUT2D eigenvalue weighted by molar-refractivity contribution is -0.142. The Morgan fingerprint density at radius 1 is 1.15 bits per heavy atom. The van der Waals surface area contributed by atoms with Gasteiger partial charge < -0.3 is 19.3 Å². The van der Waals surface area contributed by atoms with Gasteiger partial charge in [-0.15, -0.1) is 0 Å². The zero-order valence-corrected chi connectivity index (χ0v) is 16.2. The maximum atomic E-state index is 12.1. The lowest BCUT2D eigenvalue weighted by Gasteiger charge is -2.28. The molecule has 0 aromatic heterocycles. The minimum Gasteiger partial charge on any atom is -0.491 e. The van der Waals surface area contributed by atoms with Gasteiger partial charge in [0.05, 0.1) is 6.61 Å². The molecule has 0 spiro atoms. The van der Waals surface area contributed by atoms with E-state index in [2.05, 4.69) is 0 Å². The number of likely N-dealkylation sites (N-methyl/N-ethyl adjacent to an activating group) is 1. The molecular formula is C19H29NO6. The predicted octanol–water partition coefficient (Wildman–Crippen LogP) is 2.96. The van der Waals surface area contributed by atoms with E-state index in [1.807, 2.05) is 6.92 Å². The van der Waals surface area contributed by atoms with E-state index >= 15 is 0 Å². The summed E-state index contributed by atoms with van der Waals surface area (Å²) in [5, 5.41) is 9.49. The Bertz CT molecular complexity index is 579. The Kier molecular flexibility index (Phi) is 8.38. The fraction of sp³-hybridized carbons (Fsp3) is 0.579. The van der Waals surface area contributed by atoms with E-state index in [0.717, 1.165) is 10.5 Å². The summed E-state index contributed by atoms with van der Waals surface area (Å²) in [7, 11) is 1.43. The lowest BCUT2D eigenvalue weighted by Crippen LogP contribution is -2.46. The summed E-state index contributed by atoms with van der Waals surface area (Å²) in [5.41, 5.74) is 0.0967. The van der Waals surface area contributed by atoms with Gasteiger partial charge in [-0.2, -0.15) is 0 Å². The van der Waals surface area contributed by atoms with Gasteiger partial charge in [-0.3, -0.25) is 4.90 Å². The van der Waals surface area contributed by atoms with Crippen LogP contribution < -0.4 is 4.74 Å². The summed E-state index contributed by atoms with van der Waals surface area (Å²) in [5.74, 6) is -0.406. The number of amides is 1. The molecule has 1 unspecified atom stereocenters. The predicted molar refractivity (Wildman–Crippen MR) is 97.6 cm³/mol. The van der Waals surface area contributed by atoms with Crippen LogP contribution in [0.2, 0.25) is 0 Å². The molecule has 0 aliphatic heterocycles. The van der Waals surface area contributed by atoms with Crippen LogP contribution in [0.1, 0.15) is 33.3 Å². The quantitative estimate of drug-likeness (QED) is 0.676. The molecule has 0 bridgehead atoms. The van der Waals surface area contributed by atoms with Crippen LogP contribution in [0.15, 0.2) is 24.3 Å². The van der Waals surface area contributed by atoms with Crippen LogP contribution >= 0.6 is 0 Å². The summed E-state index contributed by atoms with van der Waals surface area (Å²) in [6, 6.07) is 6.10. The number of hydrogen-bond donors (Lipinski definition) is 1. The molecule has 0 heterocycles. The second-order valence-corrected chi connectivity index (χ2v) is 6.84. The molecule has 1 N–H and O–H groups in total. The summed E-state index contributed by atoms with van der Waals surface area (Å²) < 4.78 is 16.0. The topological polar surface area (TPSA) is 85.3 Å². The highest BCUT2D eigenvalue weighted by Crippen LogP contribution is 2.17. The van der Waals surface area contributed by atoms with E-state index in [0.29, 0.717) is 25.6 Å². The number of ether oxygens (including phenoxy) is 3. The SMILES string of the molecule is CCOCCOc1ccc(CC(C(=O)O)N(C)C(=O)OC(C)(C)C)cc1. The molecule has 1 amide bonds. The molecule has 7 nitrogen and oxygen atoms in total. The molecule has 0 saturated heterocycles. The normalized spacial score (nSPS) is 12.3. The van der Waals surface area contributed by atoms with Gasteiger partial charge >= 0.3 is 12.1 Å². The number of carbonyl (C=O) groups is 2. The van der Waals surface area contributed by atoms with E-state index in [4.69, 9.17) is 14.2 Å². The van der Waals surface area contributed by atoms with Gasteiger partial charge in [0.15, 0.2) is 0 Å². The zero-order chi connectivity index (χ0) is 19.7. The molecule has 0 radical (unpaired) electrons. The van der Waals surface area contributed by atoms with Gasteiger partial charge in [0, 0.05) is 20.1 Å². The summed E-state index contributed by atoms with van der Waals surface area (Å²) in [4.78, 5) is 24.8. The van der Waals surface area contributed by atoms with Crippen molar-refractivity contribution in [3.05, 3.63) is 29.8 Å². The van der Waals surface area contributed by atoms with Crippen LogP contribution in [0, 0.1) is 0 Å². The van der Waals surface area contributed by atoms with Gasteiger partial charge in [-0.1, -0.05) is 12.1 Å². The molecular weight excluding hydrogens is 338 g/mol. The molecule has 0 fully saturated rings. The highest BCUT2D eigenvalue weighted by molar-refractivity contribution is 5.80. The highest BCUT2D eigenvalue weighted by atomic mass is 16.6. The van der Waals surface area contributed by atoms with Crippen molar-refractivity contribution in [2.24, 2.45) is 0 Å². The number of carbonyl (C=O) groups excluding carboxylic acids is 1. The first kappa shape index (κ1) is 21.8. The number of nitrogens with zero attached hydrogens (tertiary/aromatic N) is 1. The second-order valence-electron chi connectivity index (χ2n) is 6.84. The number of benzene rings is 1. The standard InChI is InChI=1S/C19H29NO6/c1-6-24-11-12-25-15-9-7-14(8-10-15)13-16(17(21)22)20(5)18(23)26-19(2,3)4/h7-10,16H,6,11-13H2,1-5H3,(H,21,22). The second kappa shape index (κ2) is 10.0. The van der Waals surface area contributed by atoms with Crippen molar-refractivity contribution in [1.29, 1.82) is 0 Å². The molecule has 146 valence electrons. The average Bonchev–Trinajstić information content (AvgIpc) is 2.55. The third kappa shape index (κ3) is 7.74. The third-order valence-corrected chi connectivity index (χ3v) is 3.49. The first-order valence-corrected chi connectivity index (χ1v) is 8.62. The van der Waals surface area contributed by atoms with Crippen LogP contribution in [0.5, 0.6) is 5.75 Å².